The standard InChI is InChI=1S/C23H20N4O5S/c1-14-5-2-3-6-17(14)21-25-15(13-33-21)12-24-20(28)7-4-10-26-22(29)18-9-8-16(27(31)32)11-19(18)23(26)30/h2-3,5-6,8-9,11,13H,4,7,10,12H2,1H3,(H,24,28). The van der Waals surface area contributed by atoms with Crippen LogP contribution in [0.2, 0.25) is 0 Å². The Balaban J connectivity index is 1.27. The number of non-ortho nitro benzene ring substituents is 1. The van der Waals surface area contributed by atoms with Gasteiger partial charge in [-0.15, -0.1) is 11.3 Å². The van der Waals surface area contributed by atoms with Crippen LogP contribution in [-0.2, 0) is 11.3 Å². The summed E-state index contributed by atoms with van der Waals surface area (Å²) in [5.74, 6) is -1.30. The molecule has 1 N–H and O–H groups in total. The topological polar surface area (TPSA) is 123 Å². The summed E-state index contributed by atoms with van der Waals surface area (Å²) in [7, 11) is 0. The molecule has 1 aliphatic rings. The fourth-order valence-electron chi connectivity index (χ4n) is 3.60. The van der Waals surface area contributed by atoms with Gasteiger partial charge in [0, 0.05) is 36.0 Å². The van der Waals surface area contributed by atoms with Crippen LogP contribution in [0.25, 0.3) is 10.6 Å². The molecule has 0 saturated carbocycles. The third-order valence-electron chi connectivity index (χ3n) is 5.34. The van der Waals surface area contributed by atoms with Gasteiger partial charge in [-0.3, -0.25) is 29.4 Å². The Bertz CT molecular complexity index is 1270. The zero-order chi connectivity index (χ0) is 23.5. The second kappa shape index (κ2) is 9.29. The molecule has 10 heteroatoms. The van der Waals surface area contributed by atoms with E-state index in [9.17, 15) is 24.5 Å². The number of aryl methyl sites for hydroxylation is 1. The number of rotatable bonds is 8. The van der Waals surface area contributed by atoms with E-state index in [2.05, 4.69) is 10.3 Å². The molecule has 168 valence electrons. The Labute approximate surface area is 193 Å². The molecule has 0 fully saturated rings. The van der Waals surface area contributed by atoms with Crippen LogP contribution in [0.5, 0.6) is 0 Å². The van der Waals surface area contributed by atoms with E-state index in [0.717, 1.165) is 32.8 Å². The minimum atomic E-state index is -0.614. The van der Waals surface area contributed by atoms with E-state index in [1.807, 2.05) is 36.6 Å². The lowest BCUT2D eigenvalue weighted by Crippen LogP contribution is -2.32. The van der Waals surface area contributed by atoms with Gasteiger partial charge < -0.3 is 5.32 Å². The molecule has 0 unspecified atom stereocenters. The Morgan fingerprint density at radius 2 is 1.88 bits per heavy atom. The van der Waals surface area contributed by atoms with Gasteiger partial charge in [0.05, 0.1) is 28.3 Å². The van der Waals surface area contributed by atoms with Gasteiger partial charge in [0.15, 0.2) is 0 Å². The fourth-order valence-corrected chi connectivity index (χ4v) is 4.51. The van der Waals surface area contributed by atoms with E-state index in [-0.39, 0.29) is 48.7 Å². The van der Waals surface area contributed by atoms with E-state index in [1.54, 1.807) is 0 Å². The smallest absolute Gasteiger partial charge is 0.270 e. The number of nitro groups is 1. The number of amides is 3. The highest BCUT2D eigenvalue weighted by atomic mass is 32.1. The molecule has 2 heterocycles. The molecule has 2 aromatic carbocycles. The van der Waals surface area contributed by atoms with Gasteiger partial charge in [-0.1, -0.05) is 24.3 Å². The number of aromatic nitrogens is 1. The van der Waals surface area contributed by atoms with Gasteiger partial charge in [0.1, 0.15) is 5.01 Å². The van der Waals surface area contributed by atoms with Crippen LogP contribution >= 0.6 is 11.3 Å². The van der Waals surface area contributed by atoms with Crippen molar-refractivity contribution in [2.75, 3.05) is 6.54 Å². The largest absolute Gasteiger partial charge is 0.350 e. The van der Waals surface area contributed by atoms with Crippen molar-refractivity contribution >= 4 is 34.7 Å². The zero-order valence-corrected chi connectivity index (χ0v) is 18.6. The number of thiazole rings is 1. The van der Waals surface area contributed by atoms with Crippen molar-refractivity contribution in [3.05, 3.63) is 80.3 Å². The number of fused-ring (bicyclic) bond motifs is 1. The third kappa shape index (κ3) is 4.65. The molecule has 0 bridgehead atoms. The summed E-state index contributed by atoms with van der Waals surface area (Å²) in [6.45, 7) is 2.37. The van der Waals surface area contributed by atoms with Crippen molar-refractivity contribution in [3.63, 3.8) is 0 Å². The molecule has 1 aromatic heterocycles. The van der Waals surface area contributed by atoms with E-state index in [0.29, 0.717) is 0 Å². The quantitative estimate of drug-likeness (QED) is 0.308. The molecule has 0 aliphatic carbocycles. The van der Waals surface area contributed by atoms with Gasteiger partial charge >= 0.3 is 0 Å². The Hall–Kier alpha value is -3.92. The molecular weight excluding hydrogens is 444 g/mol. The molecule has 0 spiro atoms. The highest BCUT2D eigenvalue weighted by Gasteiger charge is 2.36. The maximum atomic E-state index is 12.5. The first-order valence-electron chi connectivity index (χ1n) is 10.3. The monoisotopic (exact) mass is 464 g/mol. The maximum Gasteiger partial charge on any atom is 0.270 e. The Kier molecular flexibility index (Phi) is 6.27. The normalized spacial score (nSPS) is 12.7. The van der Waals surface area contributed by atoms with Crippen LogP contribution in [-0.4, -0.2) is 39.1 Å². The second-order valence-corrected chi connectivity index (χ2v) is 8.45. The summed E-state index contributed by atoms with van der Waals surface area (Å²) in [6, 6.07) is 11.6. The third-order valence-corrected chi connectivity index (χ3v) is 6.27. The minimum absolute atomic E-state index is 0.0200. The van der Waals surface area contributed by atoms with Gasteiger partial charge in [0.2, 0.25) is 5.91 Å². The number of nitrogens with one attached hydrogen (secondary N) is 1. The summed E-state index contributed by atoms with van der Waals surface area (Å²) in [5, 5.41) is 16.5. The number of imide groups is 1. The molecule has 3 amide bonds. The van der Waals surface area contributed by atoms with Crippen LogP contribution < -0.4 is 5.32 Å². The van der Waals surface area contributed by atoms with Crippen LogP contribution in [0.4, 0.5) is 5.69 Å². The first kappa shape index (κ1) is 22.3. The molecule has 9 nitrogen and oxygen atoms in total. The lowest BCUT2D eigenvalue weighted by Gasteiger charge is -2.13. The van der Waals surface area contributed by atoms with E-state index in [4.69, 9.17) is 0 Å². The maximum absolute atomic E-state index is 12.5. The molecule has 0 radical (unpaired) electrons. The number of nitrogens with zero attached hydrogens (tertiary/aromatic N) is 3. The zero-order valence-electron chi connectivity index (χ0n) is 17.7. The highest BCUT2D eigenvalue weighted by molar-refractivity contribution is 7.13. The van der Waals surface area contributed by atoms with Crippen LogP contribution in [0.1, 0.15) is 44.8 Å². The van der Waals surface area contributed by atoms with E-state index >= 15 is 0 Å². The highest BCUT2D eigenvalue weighted by Crippen LogP contribution is 2.28. The summed E-state index contributed by atoms with van der Waals surface area (Å²) < 4.78 is 0. The molecular formula is C23H20N4O5S. The number of carbonyl (C=O) groups excluding carboxylic acids is 3. The van der Waals surface area contributed by atoms with Crippen molar-refractivity contribution in [1.29, 1.82) is 0 Å². The second-order valence-electron chi connectivity index (χ2n) is 7.59. The number of carbonyl (C=O) groups is 3. The van der Waals surface area contributed by atoms with Gasteiger partial charge in [0.25, 0.3) is 17.5 Å². The van der Waals surface area contributed by atoms with Crippen LogP contribution in [0.15, 0.2) is 47.8 Å². The van der Waals surface area contributed by atoms with Gasteiger partial charge in [-0.05, 0) is 25.0 Å². The van der Waals surface area contributed by atoms with E-state index in [1.165, 1.54) is 23.5 Å². The molecule has 33 heavy (non-hydrogen) atoms. The van der Waals surface area contributed by atoms with Crippen LogP contribution in [0.3, 0.4) is 0 Å². The number of nitro benzene ring substituents is 1. The predicted molar refractivity (Wildman–Crippen MR) is 122 cm³/mol. The number of hydrogen-bond donors (Lipinski definition) is 1. The first-order valence-corrected chi connectivity index (χ1v) is 11.1. The molecule has 3 aromatic rings. The van der Waals surface area contributed by atoms with Gasteiger partial charge in [-0.2, -0.15) is 0 Å². The molecule has 0 atom stereocenters. The lowest BCUT2D eigenvalue weighted by atomic mass is 10.1. The van der Waals surface area contributed by atoms with Crippen molar-refractivity contribution in [3.8, 4) is 10.6 Å². The first-order chi connectivity index (χ1) is 15.8. The van der Waals surface area contributed by atoms with Gasteiger partial charge in [-0.25, -0.2) is 4.98 Å². The Morgan fingerprint density at radius 3 is 2.64 bits per heavy atom. The number of benzene rings is 2. The minimum Gasteiger partial charge on any atom is -0.350 e. The molecule has 0 saturated heterocycles. The van der Waals surface area contributed by atoms with Crippen molar-refractivity contribution in [2.45, 2.75) is 26.3 Å². The van der Waals surface area contributed by atoms with Crippen molar-refractivity contribution in [1.82, 2.24) is 15.2 Å². The summed E-state index contributed by atoms with van der Waals surface area (Å²) >= 11 is 1.51. The number of hydrogen-bond acceptors (Lipinski definition) is 7. The Morgan fingerprint density at radius 1 is 1.12 bits per heavy atom. The van der Waals surface area contributed by atoms with Crippen molar-refractivity contribution in [2.24, 2.45) is 0 Å². The molecule has 4 rings (SSSR count). The summed E-state index contributed by atoms with van der Waals surface area (Å²) in [6.07, 6.45) is 0.410. The van der Waals surface area contributed by atoms with Crippen molar-refractivity contribution < 1.29 is 19.3 Å². The summed E-state index contributed by atoms with van der Waals surface area (Å²) in [5.41, 5.74) is 2.86. The fraction of sp³-hybridized carbons (Fsp3) is 0.217. The molecule has 1 aliphatic heterocycles. The lowest BCUT2D eigenvalue weighted by molar-refractivity contribution is -0.384. The van der Waals surface area contributed by atoms with E-state index < -0.39 is 16.7 Å². The average Bonchev–Trinajstić information content (AvgIpc) is 3.36. The average molecular weight is 465 g/mol. The SMILES string of the molecule is Cc1ccccc1-c1nc(CNC(=O)CCCN2C(=O)c3ccc([N+](=O)[O-])cc3C2=O)cs1. The summed E-state index contributed by atoms with van der Waals surface area (Å²) in [4.78, 5) is 53.1. The van der Waals surface area contributed by atoms with Crippen LogP contribution in [0, 0.1) is 17.0 Å². The predicted octanol–water partition coefficient (Wildman–Crippen LogP) is 3.72.